The summed E-state index contributed by atoms with van der Waals surface area (Å²) in [6.07, 6.45) is 17.4. The molecule has 3 aliphatic rings. The molecule has 1 saturated carbocycles. The van der Waals surface area contributed by atoms with Gasteiger partial charge in [0.1, 0.15) is 0 Å². The molecule has 3 aliphatic carbocycles. The number of benzene rings is 2. The molecule has 0 heterocycles. The Morgan fingerprint density at radius 1 is 0.815 bits per heavy atom. The Labute approximate surface area is 192 Å². The molecule has 3 heteroatoms. The predicted molar refractivity (Wildman–Crippen MR) is 103 cm³/mol. The molecular weight excluding hydrogens is 450 g/mol. The third-order valence-electron chi connectivity index (χ3n) is 4.89. The minimum Gasteiger partial charge on any atom is -0.179 e. The van der Waals surface area contributed by atoms with Crippen LogP contribution in [-0.2, 0) is 30.7 Å². The average Bonchev–Trinajstić information content (AvgIpc) is 3.34. The van der Waals surface area contributed by atoms with Crippen LogP contribution in [-0.4, -0.2) is 3.21 Å². The van der Waals surface area contributed by atoms with Crippen molar-refractivity contribution in [3.8, 4) is 11.1 Å². The van der Waals surface area contributed by atoms with Crippen LogP contribution in [0.3, 0.4) is 0 Å². The second kappa shape index (κ2) is 13.6. The molecule has 0 aliphatic heterocycles. The van der Waals surface area contributed by atoms with Gasteiger partial charge in [-0.15, -0.1) is 5.56 Å². The summed E-state index contributed by atoms with van der Waals surface area (Å²) in [5, 5.41) is 0. The van der Waals surface area contributed by atoms with Crippen molar-refractivity contribution in [3.63, 3.8) is 0 Å². The molecule has 142 valence electrons. The first-order chi connectivity index (χ1) is 12.3. The topological polar surface area (TPSA) is 0 Å². The van der Waals surface area contributed by atoms with Crippen LogP contribution in [0.1, 0.15) is 62.5 Å². The monoisotopic (exact) mass is 474 g/mol. The molecule has 0 saturated heterocycles. The molecule has 5 rings (SSSR count). The van der Waals surface area contributed by atoms with Crippen LogP contribution in [0.25, 0.3) is 11.1 Å². The third-order valence-corrected chi connectivity index (χ3v) is 6.12. The van der Waals surface area contributed by atoms with Crippen LogP contribution in [0.4, 0.5) is 0 Å². The van der Waals surface area contributed by atoms with E-state index < -0.39 is 0 Å². The summed E-state index contributed by atoms with van der Waals surface area (Å²) in [6.45, 7) is 0. The molecule has 0 radical (unpaired) electrons. The number of hydrogen-bond acceptors (Lipinski definition) is 0. The molecule has 0 nitrogen and oxygen atoms in total. The average molecular weight is 477 g/mol. The summed E-state index contributed by atoms with van der Waals surface area (Å²) in [5.74, 6) is 0. The van der Waals surface area contributed by atoms with E-state index in [-0.39, 0.29) is 24.8 Å². The Balaban J connectivity index is 0.000000223. The second-order valence-electron chi connectivity index (χ2n) is 6.86. The normalized spacial score (nSPS) is 15.7. The number of fused-ring (bicyclic) bond motifs is 3. The van der Waals surface area contributed by atoms with Gasteiger partial charge in [0.05, 0.1) is 0 Å². The van der Waals surface area contributed by atoms with E-state index in [4.69, 9.17) is 0 Å². The van der Waals surface area contributed by atoms with E-state index in [2.05, 4.69) is 54.6 Å². The standard InChI is InChI=1S/C13H9.C6H10.C5H7.2ClH.Zr/c1-3-7-12-10(5-1)9-11-6-2-4-8-13(11)12;1-2-4-6-5-3-1;1-2-4-5-3-1;;;/h1-5,7-8H,9H2;1-5H2;1H,2,4-5H2;2*1H;/q-1;;-1;;;+2/p-2. The Bertz CT molecular complexity index is 679. The third kappa shape index (κ3) is 7.80. The van der Waals surface area contributed by atoms with Gasteiger partial charge < -0.3 is 30.9 Å². The van der Waals surface area contributed by atoms with Crippen LogP contribution in [0.15, 0.2) is 48.5 Å². The van der Waals surface area contributed by atoms with E-state index in [9.17, 15) is 0 Å². The zero-order valence-corrected chi connectivity index (χ0v) is 19.7. The smallest absolute Gasteiger partial charge is 0.0253 e. The second-order valence-corrected chi connectivity index (χ2v) is 8.60. The van der Waals surface area contributed by atoms with Crippen LogP contribution >= 0.6 is 0 Å². The zero-order chi connectivity index (χ0) is 17.3. The van der Waals surface area contributed by atoms with Gasteiger partial charge >= 0.3 is 59.5 Å². The number of allylic oxidation sites excluding steroid dienone is 2. The summed E-state index contributed by atoms with van der Waals surface area (Å²) in [6, 6.07) is 18.1. The van der Waals surface area contributed by atoms with Gasteiger partial charge in [-0.2, -0.15) is 36.2 Å². The van der Waals surface area contributed by atoms with Crippen LogP contribution in [0, 0.1) is 12.1 Å². The molecule has 2 aromatic rings. The quantitative estimate of drug-likeness (QED) is 0.409. The minimum absolute atomic E-state index is 0. The largest absolute Gasteiger partial charge is 0.179 e. The maximum atomic E-state index is 3.30. The van der Waals surface area contributed by atoms with Crippen LogP contribution < -0.4 is 24.8 Å². The van der Waals surface area contributed by atoms with Gasteiger partial charge in [0.15, 0.2) is 0 Å². The van der Waals surface area contributed by atoms with Crippen molar-refractivity contribution in [3.05, 3.63) is 71.8 Å². The van der Waals surface area contributed by atoms with E-state index in [0.717, 1.165) is 6.42 Å². The van der Waals surface area contributed by atoms with Crippen molar-refractivity contribution in [2.45, 2.75) is 57.8 Å². The van der Waals surface area contributed by atoms with Crippen molar-refractivity contribution in [2.24, 2.45) is 0 Å². The maximum Gasteiger partial charge on any atom is -0.0253 e. The van der Waals surface area contributed by atoms with Crippen molar-refractivity contribution in [2.75, 3.05) is 0 Å². The fourth-order valence-corrected chi connectivity index (χ4v) is 4.36. The van der Waals surface area contributed by atoms with E-state index in [1.54, 1.807) is 27.4 Å². The van der Waals surface area contributed by atoms with E-state index in [1.807, 2.05) is 6.07 Å². The van der Waals surface area contributed by atoms with Gasteiger partial charge in [0, 0.05) is 0 Å². The molecular formula is C24H26Cl2Zr-2. The number of rotatable bonds is 0. The Kier molecular flexibility index (Phi) is 12.4. The van der Waals surface area contributed by atoms with E-state index in [1.165, 1.54) is 73.6 Å². The van der Waals surface area contributed by atoms with Gasteiger partial charge in [-0.1, -0.05) is 48.2 Å². The summed E-state index contributed by atoms with van der Waals surface area (Å²) in [7, 11) is 0. The first-order valence-electron chi connectivity index (χ1n) is 9.54. The van der Waals surface area contributed by atoms with Crippen molar-refractivity contribution < 1.29 is 49.0 Å². The number of halogens is 2. The number of hydrogen-bond donors (Lipinski definition) is 0. The molecule has 0 spiro atoms. The molecule has 0 atom stereocenters. The Morgan fingerprint density at radius 3 is 2.15 bits per heavy atom. The van der Waals surface area contributed by atoms with E-state index >= 15 is 0 Å². The Hall–Kier alpha value is -0.487. The first kappa shape index (κ1) is 24.6. The molecule has 0 amide bonds. The molecule has 2 aromatic carbocycles. The predicted octanol–water partition coefficient (Wildman–Crippen LogP) is 0.265. The van der Waals surface area contributed by atoms with E-state index in [0.29, 0.717) is 0 Å². The van der Waals surface area contributed by atoms with Gasteiger partial charge in [-0.25, -0.2) is 0 Å². The fraction of sp³-hybridized carbons (Fsp3) is 0.375. The fourth-order valence-electron chi connectivity index (χ4n) is 3.49. The van der Waals surface area contributed by atoms with Gasteiger partial charge in [-0.05, 0) is 6.42 Å². The Morgan fingerprint density at radius 2 is 1.56 bits per heavy atom. The van der Waals surface area contributed by atoms with Gasteiger partial charge in [0.25, 0.3) is 0 Å². The van der Waals surface area contributed by atoms with Crippen molar-refractivity contribution in [1.82, 2.24) is 0 Å². The zero-order valence-electron chi connectivity index (χ0n) is 15.7. The van der Waals surface area contributed by atoms with Gasteiger partial charge in [-0.3, -0.25) is 6.08 Å². The minimum atomic E-state index is 0. The van der Waals surface area contributed by atoms with Crippen molar-refractivity contribution in [1.29, 1.82) is 0 Å². The molecule has 1 fully saturated rings. The molecule has 0 N–H and O–H groups in total. The van der Waals surface area contributed by atoms with Crippen LogP contribution in [0.5, 0.6) is 0 Å². The first-order valence-corrected chi connectivity index (χ1v) is 10.8. The summed E-state index contributed by atoms with van der Waals surface area (Å²) >= 11 is 1.69. The van der Waals surface area contributed by atoms with Gasteiger partial charge in [0.2, 0.25) is 0 Å². The summed E-state index contributed by atoms with van der Waals surface area (Å²) in [5.41, 5.74) is 5.51. The SMILES string of the molecule is [C-]1=CCCC1.[Cl-].[Cl-].[Zr+2]=[C]1CCCCC1.[c-]1cccc2c1Cc1ccccc1-2. The summed E-state index contributed by atoms with van der Waals surface area (Å²) < 4.78 is 1.80. The maximum absolute atomic E-state index is 3.30. The molecule has 27 heavy (non-hydrogen) atoms. The molecule has 0 aromatic heterocycles. The summed E-state index contributed by atoms with van der Waals surface area (Å²) in [4.78, 5) is 0. The molecule has 0 bridgehead atoms. The van der Waals surface area contributed by atoms with Crippen molar-refractivity contribution >= 4 is 3.21 Å². The molecule has 0 unspecified atom stereocenters. The van der Waals surface area contributed by atoms with Crippen LogP contribution in [0.2, 0.25) is 0 Å².